The molecule has 0 fully saturated rings. The Bertz CT molecular complexity index is 751. The number of esters is 1. The summed E-state index contributed by atoms with van der Waals surface area (Å²) in [6.45, 7) is 2.16. The number of hydrogen-bond donors (Lipinski definition) is 0. The Morgan fingerprint density at radius 1 is 1.09 bits per heavy atom. The molecule has 22 heavy (non-hydrogen) atoms. The second kappa shape index (κ2) is 6.62. The minimum absolute atomic E-state index is 0.312. The quantitative estimate of drug-likeness (QED) is 0.791. The number of rotatable bonds is 3. The number of para-hydroxylation sites is 1. The third kappa shape index (κ3) is 3.12. The van der Waals surface area contributed by atoms with Gasteiger partial charge in [0.15, 0.2) is 0 Å². The molecule has 0 atom stereocenters. The largest absolute Gasteiger partial charge is 0.462 e. The van der Waals surface area contributed by atoms with Gasteiger partial charge in [-0.25, -0.2) is 9.79 Å². The van der Waals surface area contributed by atoms with Crippen LogP contribution in [0.1, 0.15) is 12.5 Å². The number of thioether (sulfide) groups is 1. The second-order valence-electron chi connectivity index (χ2n) is 4.66. The third-order valence-corrected chi connectivity index (χ3v) is 4.21. The number of nitrogens with zero attached hydrogens (tertiary/aromatic N) is 1. The van der Waals surface area contributed by atoms with Gasteiger partial charge in [-0.05, 0) is 25.1 Å². The van der Waals surface area contributed by atoms with Crippen molar-refractivity contribution in [3.05, 3.63) is 71.1 Å². The van der Waals surface area contributed by atoms with E-state index in [1.807, 2.05) is 54.6 Å². The lowest BCUT2D eigenvalue weighted by molar-refractivity contribution is -0.137. The van der Waals surface area contributed by atoms with Crippen molar-refractivity contribution in [1.29, 1.82) is 0 Å². The molecule has 0 N–H and O–H groups in total. The van der Waals surface area contributed by atoms with Gasteiger partial charge in [-0.1, -0.05) is 54.2 Å². The summed E-state index contributed by atoms with van der Waals surface area (Å²) < 4.78 is 5.15. The number of carbonyl (C=O) groups excluding carboxylic acids is 1. The van der Waals surface area contributed by atoms with Crippen LogP contribution in [0.4, 0.5) is 5.69 Å². The highest BCUT2D eigenvalue weighted by Gasteiger charge is 2.19. The zero-order valence-electron chi connectivity index (χ0n) is 12.2. The lowest BCUT2D eigenvalue weighted by Gasteiger charge is -2.05. The SMILES string of the molecule is CCOC(=O)C1=CC(c2ccccc2)=Nc2ccccc2S1. The van der Waals surface area contributed by atoms with Crippen molar-refractivity contribution in [2.45, 2.75) is 11.8 Å². The van der Waals surface area contributed by atoms with Crippen molar-refractivity contribution in [3.63, 3.8) is 0 Å². The summed E-state index contributed by atoms with van der Waals surface area (Å²) in [6, 6.07) is 17.6. The van der Waals surface area contributed by atoms with Crippen molar-refractivity contribution < 1.29 is 9.53 Å². The summed E-state index contributed by atoms with van der Waals surface area (Å²) in [4.78, 5) is 18.4. The van der Waals surface area contributed by atoms with Gasteiger partial charge in [0.1, 0.15) is 0 Å². The number of aliphatic imine (C=N–C) groups is 1. The average molecular weight is 309 g/mol. The van der Waals surface area contributed by atoms with E-state index in [1.165, 1.54) is 11.8 Å². The zero-order chi connectivity index (χ0) is 15.4. The van der Waals surface area contributed by atoms with Gasteiger partial charge in [-0.15, -0.1) is 0 Å². The fourth-order valence-corrected chi connectivity index (χ4v) is 3.04. The van der Waals surface area contributed by atoms with E-state index in [2.05, 4.69) is 0 Å². The third-order valence-electron chi connectivity index (χ3n) is 3.14. The van der Waals surface area contributed by atoms with Crippen LogP contribution < -0.4 is 0 Å². The Hall–Kier alpha value is -2.33. The number of hydrogen-bond acceptors (Lipinski definition) is 4. The predicted octanol–water partition coefficient (Wildman–Crippen LogP) is 4.36. The van der Waals surface area contributed by atoms with E-state index in [0.29, 0.717) is 11.5 Å². The molecule has 4 heteroatoms. The van der Waals surface area contributed by atoms with Gasteiger partial charge in [0, 0.05) is 10.5 Å². The maximum absolute atomic E-state index is 12.2. The molecule has 0 unspecified atom stereocenters. The first-order valence-corrected chi connectivity index (χ1v) is 7.89. The standard InChI is InChI=1S/C18H15NO2S/c1-2-21-18(20)17-12-15(13-8-4-3-5-9-13)19-14-10-6-7-11-16(14)22-17/h3-12H,2H2,1H3. The molecule has 0 saturated carbocycles. The monoisotopic (exact) mass is 309 g/mol. The summed E-state index contributed by atoms with van der Waals surface area (Å²) in [5.41, 5.74) is 2.60. The molecular formula is C18H15NO2S. The molecule has 0 saturated heterocycles. The first kappa shape index (κ1) is 14.6. The van der Waals surface area contributed by atoms with Crippen LogP contribution in [0.25, 0.3) is 0 Å². The lowest BCUT2D eigenvalue weighted by atomic mass is 10.1. The fraction of sp³-hybridized carbons (Fsp3) is 0.111. The second-order valence-corrected chi connectivity index (χ2v) is 5.75. The topological polar surface area (TPSA) is 38.7 Å². The minimum Gasteiger partial charge on any atom is -0.462 e. The molecule has 0 aliphatic carbocycles. The Morgan fingerprint density at radius 3 is 2.59 bits per heavy atom. The van der Waals surface area contributed by atoms with Crippen LogP contribution in [0, 0.1) is 0 Å². The van der Waals surface area contributed by atoms with Gasteiger partial charge in [-0.3, -0.25) is 0 Å². The van der Waals surface area contributed by atoms with Gasteiger partial charge < -0.3 is 4.74 Å². The molecule has 0 radical (unpaired) electrons. The maximum atomic E-state index is 12.2. The molecule has 1 aliphatic heterocycles. The van der Waals surface area contributed by atoms with Gasteiger partial charge in [0.2, 0.25) is 0 Å². The van der Waals surface area contributed by atoms with Crippen molar-refractivity contribution >= 4 is 29.1 Å². The molecular weight excluding hydrogens is 294 g/mol. The predicted molar refractivity (Wildman–Crippen MR) is 89.7 cm³/mol. The number of allylic oxidation sites excluding steroid dienone is 1. The molecule has 110 valence electrons. The van der Waals surface area contributed by atoms with Crippen LogP contribution in [-0.2, 0) is 9.53 Å². The van der Waals surface area contributed by atoms with Gasteiger partial charge in [-0.2, -0.15) is 0 Å². The number of fused-ring (bicyclic) bond motifs is 1. The van der Waals surface area contributed by atoms with Crippen LogP contribution in [0.2, 0.25) is 0 Å². The highest BCUT2D eigenvalue weighted by molar-refractivity contribution is 8.04. The fourth-order valence-electron chi connectivity index (χ4n) is 2.13. The Kier molecular flexibility index (Phi) is 4.39. The van der Waals surface area contributed by atoms with E-state index in [1.54, 1.807) is 13.0 Å². The van der Waals surface area contributed by atoms with Crippen molar-refractivity contribution in [1.82, 2.24) is 0 Å². The van der Waals surface area contributed by atoms with Gasteiger partial charge in [0.25, 0.3) is 0 Å². The Balaban J connectivity index is 2.10. The van der Waals surface area contributed by atoms with Crippen LogP contribution in [0.3, 0.4) is 0 Å². The summed E-state index contributed by atoms with van der Waals surface area (Å²) in [5, 5.41) is 0. The summed E-state index contributed by atoms with van der Waals surface area (Å²) in [5.74, 6) is -0.312. The molecule has 1 heterocycles. The molecule has 0 bridgehead atoms. The Morgan fingerprint density at radius 2 is 1.82 bits per heavy atom. The normalized spacial score (nSPS) is 13.5. The van der Waals surface area contributed by atoms with E-state index in [0.717, 1.165) is 21.9 Å². The van der Waals surface area contributed by atoms with E-state index in [-0.39, 0.29) is 5.97 Å². The van der Waals surface area contributed by atoms with Crippen molar-refractivity contribution in [3.8, 4) is 0 Å². The molecule has 3 rings (SSSR count). The lowest BCUT2D eigenvalue weighted by Crippen LogP contribution is -2.07. The van der Waals surface area contributed by atoms with E-state index >= 15 is 0 Å². The number of carbonyl (C=O) groups is 1. The average Bonchev–Trinajstić information content (AvgIpc) is 2.75. The summed E-state index contributed by atoms with van der Waals surface area (Å²) >= 11 is 1.40. The first-order chi connectivity index (χ1) is 10.8. The smallest absolute Gasteiger partial charge is 0.345 e. The Labute approximate surface area is 133 Å². The van der Waals surface area contributed by atoms with E-state index < -0.39 is 0 Å². The van der Waals surface area contributed by atoms with E-state index in [4.69, 9.17) is 9.73 Å². The number of benzene rings is 2. The van der Waals surface area contributed by atoms with Gasteiger partial charge >= 0.3 is 5.97 Å². The maximum Gasteiger partial charge on any atom is 0.345 e. The molecule has 0 aromatic heterocycles. The van der Waals surface area contributed by atoms with Gasteiger partial charge in [0.05, 0.1) is 22.9 Å². The van der Waals surface area contributed by atoms with Crippen molar-refractivity contribution in [2.24, 2.45) is 4.99 Å². The molecule has 2 aromatic carbocycles. The van der Waals surface area contributed by atoms with Crippen LogP contribution in [0.5, 0.6) is 0 Å². The van der Waals surface area contributed by atoms with Crippen LogP contribution >= 0.6 is 11.8 Å². The molecule has 3 nitrogen and oxygen atoms in total. The first-order valence-electron chi connectivity index (χ1n) is 7.07. The molecule has 2 aromatic rings. The zero-order valence-corrected chi connectivity index (χ0v) is 13.0. The van der Waals surface area contributed by atoms with E-state index in [9.17, 15) is 4.79 Å². The van der Waals surface area contributed by atoms with Crippen LogP contribution in [-0.4, -0.2) is 18.3 Å². The highest BCUT2D eigenvalue weighted by Crippen LogP contribution is 2.38. The summed E-state index contributed by atoms with van der Waals surface area (Å²) in [6.07, 6.45) is 1.80. The molecule has 1 aliphatic rings. The minimum atomic E-state index is -0.312. The molecule has 0 spiro atoms. The van der Waals surface area contributed by atoms with Crippen molar-refractivity contribution in [2.75, 3.05) is 6.61 Å². The highest BCUT2D eigenvalue weighted by atomic mass is 32.2. The van der Waals surface area contributed by atoms with Crippen LogP contribution in [0.15, 0.2) is 75.5 Å². The summed E-state index contributed by atoms with van der Waals surface area (Å²) in [7, 11) is 0. The number of ether oxygens (including phenoxy) is 1. The molecule has 0 amide bonds.